The van der Waals surface area contributed by atoms with E-state index in [1.54, 1.807) is 18.3 Å². The molecule has 0 unspecified atom stereocenters. The van der Waals surface area contributed by atoms with Crippen molar-refractivity contribution in [2.75, 3.05) is 6.54 Å². The van der Waals surface area contributed by atoms with E-state index in [1.807, 2.05) is 18.7 Å². The van der Waals surface area contributed by atoms with Crippen molar-refractivity contribution >= 4 is 18.3 Å². The van der Waals surface area contributed by atoms with Crippen LogP contribution in [0.15, 0.2) is 18.3 Å². The molecule has 0 saturated carbocycles. The second-order valence-electron chi connectivity index (χ2n) is 5.19. The number of carbonyl (C=O) groups is 1. The van der Waals surface area contributed by atoms with Gasteiger partial charge in [0, 0.05) is 30.9 Å². The maximum Gasteiger partial charge on any atom is 0.254 e. The Morgan fingerprint density at radius 1 is 1.37 bits per heavy atom. The van der Waals surface area contributed by atoms with Crippen LogP contribution in [0.5, 0.6) is 0 Å². The molecule has 108 valence electrons. The molecule has 0 atom stereocenters. The van der Waals surface area contributed by atoms with Crippen molar-refractivity contribution in [3.05, 3.63) is 29.6 Å². The number of hydrogen-bond donors (Lipinski definition) is 1. The van der Waals surface area contributed by atoms with Gasteiger partial charge in [0.2, 0.25) is 0 Å². The lowest BCUT2D eigenvalue weighted by Crippen LogP contribution is -2.39. The summed E-state index contributed by atoms with van der Waals surface area (Å²) in [5, 5.41) is 0. The van der Waals surface area contributed by atoms with Crippen LogP contribution < -0.4 is 5.73 Å². The first-order valence-electron chi connectivity index (χ1n) is 6.41. The summed E-state index contributed by atoms with van der Waals surface area (Å²) in [6.07, 6.45) is 1.64. The Hall–Kier alpha value is -1.13. The Morgan fingerprint density at radius 2 is 2.00 bits per heavy atom. The molecule has 0 spiro atoms. The quantitative estimate of drug-likeness (QED) is 0.904. The van der Waals surface area contributed by atoms with Crippen LogP contribution >= 0.6 is 12.4 Å². The summed E-state index contributed by atoms with van der Waals surface area (Å²) in [4.78, 5) is 18.4. The summed E-state index contributed by atoms with van der Waals surface area (Å²) in [6, 6.07) is 3.71. The minimum absolute atomic E-state index is 0. The van der Waals surface area contributed by atoms with Gasteiger partial charge in [0.15, 0.2) is 0 Å². The summed E-state index contributed by atoms with van der Waals surface area (Å²) in [5.41, 5.74) is 6.96. The Kier molecular flexibility index (Phi) is 7.64. The Bertz CT molecular complexity index is 407. The number of hydrogen-bond acceptors (Lipinski definition) is 3. The molecular weight excluding hydrogens is 262 g/mol. The highest BCUT2D eigenvalue weighted by molar-refractivity contribution is 5.94. The maximum absolute atomic E-state index is 12.4. The number of amides is 1. The average Bonchev–Trinajstić information content (AvgIpc) is 2.34. The van der Waals surface area contributed by atoms with E-state index in [0.717, 1.165) is 12.2 Å². The van der Waals surface area contributed by atoms with Crippen LogP contribution in [0, 0.1) is 5.92 Å². The van der Waals surface area contributed by atoms with Gasteiger partial charge in [0.05, 0.1) is 5.69 Å². The Labute approximate surface area is 121 Å². The van der Waals surface area contributed by atoms with Gasteiger partial charge in [0.25, 0.3) is 5.91 Å². The van der Waals surface area contributed by atoms with Gasteiger partial charge in [-0.3, -0.25) is 9.78 Å². The predicted octanol–water partition coefficient (Wildman–Crippen LogP) is 2.47. The molecule has 0 aromatic carbocycles. The van der Waals surface area contributed by atoms with Crippen molar-refractivity contribution in [2.24, 2.45) is 11.7 Å². The maximum atomic E-state index is 12.4. The number of nitrogens with two attached hydrogens (primary N) is 1. The van der Waals surface area contributed by atoms with Crippen LogP contribution in [0.25, 0.3) is 0 Å². The number of halogens is 1. The smallest absolute Gasteiger partial charge is 0.254 e. The normalized spacial score (nSPS) is 10.5. The average molecular weight is 286 g/mol. The topological polar surface area (TPSA) is 59.2 Å². The molecule has 1 aromatic heterocycles. The van der Waals surface area contributed by atoms with Crippen molar-refractivity contribution in [1.82, 2.24) is 9.88 Å². The SMILES string of the molecule is CC(C)CN(C(=O)c1ccnc(CN)c1)C(C)C.Cl. The molecule has 19 heavy (non-hydrogen) atoms. The molecule has 1 aromatic rings. The molecule has 1 amide bonds. The van der Waals surface area contributed by atoms with Gasteiger partial charge in [-0.15, -0.1) is 12.4 Å². The van der Waals surface area contributed by atoms with Crippen LogP contribution in [0.1, 0.15) is 43.7 Å². The van der Waals surface area contributed by atoms with Crippen LogP contribution in [-0.4, -0.2) is 28.4 Å². The standard InChI is InChI=1S/C14H23N3O.ClH/c1-10(2)9-17(11(3)4)14(18)12-5-6-16-13(7-12)8-15;/h5-7,10-11H,8-9,15H2,1-4H3;1H. The fourth-order valence-electron chi connectivity index (χ4n) is 1.81. The molecule has 0 aliphatic heterocycles. The zero-order valence-corrected chi connectivity index (χ0v) is 12.9. The highest BCUT2D eigenvalue weighted by Gasteiger charge is 2.19. The van der Waals surface area contributed by atoms with Gasteiger partial charge in [-0.25, -0.2) is 0 Å². The molecule has 0 fully saturated rings. The van der Waals surface area contributed by atoms with E-state index >= 15 is 0 Å². The van der Waals surface area contributed by atoms with E-state index in [9.17, 15) is 4.79 Å². The van der Waals surface area contributed by atoms with Crippen molar-refractivity contribution < 1.29 is 4.79 Å². The van der Waals surface area contributed by atoms with Crippen molar-refractivity contribution in [2.45, 2.75) is 40.3 Å². The second kappa shape index (κ2) is 8.12. The van der Waals surface area contributed by atoms with Crippen LogP contribution in [-0.2, 0) is 6.54 Å². The third kappa shape index (κ3) is 5.17. The van der Waals surface area contributed by atoms with Gasteiger partial charge < -0.3 is 10.6 Å². The molecule has 5 heteroatoms. The zero-order chi connectivity index (χ0) is 13.7. The minimum atomic E-state index is 0. The number of pyridine rings is 1. The first-order valence-corrected chi connectivity index (χ1v) is 6.41. The summed E-state index contributed by atoms with van der Waals surface area (Å²) in [5.74, 6) is 0.503. The van der Waals surface area contributed by atoms with Gasteiger partial charge in [0.1, 0.15) is 0 Å². The van der Waals surface area contributed by atoms with E-state index in [-0.39, 0.29) is 24.4 Å². The van der Waals surface area contributed by atoms with E-state index in [4.69, 9.17) is 5.73 Å². The third-order valence-electron chi connectivity index (χ3n) is 2.72. The first kappa shape index (κ1) is 17.9. The predicted molar refractivity (Wildman–Crippen MR) is 80.4 cm³/mol. The first-order chi connectivity index (χ1) is 8.45. The van der Waals surface area contributed by atoms with Crippen molar-refractivity contribution in [3.63, 3.8) is 0 Å². The molecule has 2 N–H and O–H groups in total. The van der Waals surface area contributed by atoms with Crippen LogP contribution in [0.4, 0.5) is 0 Å². The third-order valence-corrected chi connectivity index (χ3v) is 2.72. The van der Waals surface area contributed by atoms with Gasteiger partial charge in [-0.05, 0) is 31.9 Å². The molecule has 0 aliphatic rings. The summed E-state index contributed by atoms with van der Waals surface area (Å²) < 4.78 is 0. The lowest BCUT2D eigenvalue weighted by atomic mass is 10.1. The highest BCUT2D eigenvalue weighted by atomic mass is 35.5. The monoisotopic (exact) mass is 285 g/mol. The number of rotatable bonds is 5. The molecule has 0 aliphatic carbocycles. The molecule has 4 nitrogen and oxygen atoms in total. The minimum Gasteiger partial charge on any atom is -0.336 e. The van der Waals surface area contributed by atoms with Crippen LogP contribution in [0.3, 0.4) is 0 Å². The van der Waals surface area contributed by atoms with E-state index in [1.165, 1.54) is 0 Å². The fraction of sp³-hybridized carbons (Fsp3) is 0.571. The molecule has 0 radical (unpaired) electrons. The number of carbonyl (C=O) groups excluding carboxylic acids is 1. The molecule has 0 bridgehead atoms. The highest BCUT2D eigenvalue weighted by Crippen LogP contribution is 2.11. The largest absolute Gasteiger partial charge is 0.336 e. The summed E-state index contributed by atoms with van der Waals surface area (Å²) >= 11 is 0. The molecule has 1 heterocycles. The zero-order valence-electron chi connectivity index (χ0n) is 12.1. The molecule has 0 saturated heterocycles. The number of aromatic nitrogens is 1. The van der Waals surface area contributed by atoms with E-state index in [0.29, 0.717) is 18.0 Å². The van der Waals surface area contributed by atoms with Gasteiger partial charge >= 0.3 is 0 Å². The lowest BCUT2D eigenvalue weighted by molar-refractivity contribution is 0.0681. The Morgan fingerprint density at radius 3 is 2.47 bits per heavy atom. The Balaban J connectivity index is 0.00000324. The van der Waals surface area contributed by atoms with E-state index in [2.05, 4.69) is 18.8 Å². The fourth-order valence-corrected chi connectivity index (χ4v) is 1.81. The summed E-state index contributed by atoms with van der Waals surface area (Å²) in [6.45, 7) is 9.40. The van der Waals surface area contributed by atoms with Gasteiger partial charge in [-0.1, -0.05) is 13.8 Å². The van der Waals surface area contributed by atoms with E-state index < -0.39 is 0 Å². The number of nitrogens with zero attached hydrogens (tertiary/aromatic N) is 2. The lowest BCUT2D eigenvalue weighted by Gasteiger charge is -2.28. The summed E-state index contributed by atoms with van der Waals surface area (Å²) in [7, 11) is 0. The van der Waals surface area contributed by atoms with Gasteiger partial charge in [-0.2, -0.15) is 0 Å². The second-order valence-corrected chi connectivity index (χ2v) is 5.19. The molecular formula is C14H24ClN3O. The van der Waals surface area contributed by atoms with Crippen molar-refractivity contribution in [1.29, 1.82) is 0 Å². The molecule has 1 rings (SSSR count). The van der Waals surface area contributed by atoms with Crippen molar-refractivity contribution in [3.8, 4) is 0 Å². The van der Waals surface area contributed by atoms with Crippen LogP contribution in [0.2, 0.25) is 0 Å².